The second-order valence-corrected chi connectivity index (χ2v) is 12.0. The molecule has 40 heavy (non-hydrogen) atoms. The minimum absolute atomic E-state index is 0.0473. The molecular formula is C37H35NO2. The summed E-state index contributed by atoms with van der Waals surface area (Å²) in [4.78, 5) is 0. The summed E-state index contributed by atoms with van der Waals surface area (Å²) in [7, 11) is 0. The Labute approximate surface area is 236 Å². The van der Waals surface area contributed by atoms with E-state index in [1.165, 1.54) is 51.6 Å². The molecule has 0 amide bonds. The first-order valence-electron chi connectivity index (χ1n) is 15.0. The Hall–Kier alpha value is -3.69. The fourth-order valence-electron chi connectivity index (χ4n) is 7.75. The average molecular weight is 526 g/mol. The minimum Gasteiger partial charge on any atom is -0.485 e. The Balaban J connectivity index is 1.22. The fourth-order valence-corrected chi connectivity index (χ4v) is 7.75. The molecule has 3 nitrogen and oxygen atoms in total. The quantitative estimate of drug-likeness (QED) is 0.317. The van der Waals surface area contributed by atoms with Gasteiger partial charge in [-0.25, -0.2) is 0 Å². The zero-order chi connectivity index (χ0) is 26.6. The molecule has 3 heteroatoms. The Morgan fingerprint density at radius 2 is 1.70 bits per heavy atom. The largest absolute Gasteiger partial charge is 0.485 e. The van der Waals surface area contributed by atoms with E-state index in [0.717, 1.165) is 43.4 Å². The van der Waals surface area contributed by atoms with Crippen LogP contribution in [0, 0.1) is 17.2 Å². The molecule has 5 aliphatic carbocycles. The van der Waals surface area contributed by atoms with E-state index in [2.05, 4.69) is 91.1 Å². The molecule has 200 valence electrons. The predicted molar refractivity (Wildman–Crippen MR) is 162 cm³/mol. The molecule has 1 saturated heterocycles. The molecule has 0 spiro atoms. The van der Waals surface area contributed by atoms with Crippen molar-refractivity contribution in [3.05, 3.63) is 130 Å². The third kappa shape index (κ3) is 3.94. The number of rotatable bonds is 4. The number of hydrogen-bond acceptors (Lipinski definition) is 3. The molecule has 2 heterocycles. The van der Waals surface area contributed by atoms with E-state index >= 15 is 0 Å². The standard InChI is InChI=1S/C37H35NO2/c38-22-23-15-17-24(18-16-23)25-19-26(28-9-5-11-32-30-7-1-3-13-34(30)39-36(28)32)21-27(20-25)29-10-6-12-33-31-8-2-4-14-35(31)40-37(29)33/h1,3-5,7,9-11,13-15,17,19-22,28,30-31,34-36,38H,2,6,8,12,16,18H2. The maximum absolute atomic E-state index is 7.69. The van der Waals surface area contributed by atoms with Crippen LogP contribution in [0.4, 0.5) is 0 Å². The van der Waals surface area contributed by atoms with Crippen molar-refractivity contribution >= 4 is 17.4 Å². The molecule has 0 radical (unpaired) electrons. The van der Waals surface area contributed by atoms with E-state index in [4.69, 9.17) is 14.9 Å². The van der Waals surface area contributed by atoms with Crippen molar-refractivity contribution in [2.75, 3.05) is 0 Å². The summed E-state index contributed by atoms with van der Waals surface area (Å²) in [6.07, 6.45) is 35.1. The van der Waals surface area contributed by atoms with Crippen LogP contribution in [0.1, 0.15) is 61.1 Å². The van der Waals surface area contributed by atoms with Crippen LogP contribution in [0.3, 0.4) is 0 Å². The van der Waals surface area contributed by atoms with Crippen LogP contribution in [0.15, 0.2) is 114 Å². The van der Waals surface area contributed by atoms with Gasteiger partial charge in [0.15, 0.2) is 0 Å². The van der Waals surface area contributed by atoms with Gasteiger partial charge in [-0.2, -0.15) is 0 Å². The SMILES string of the molecule is N=CC1=CC=C(c2cc(C3=CCCC4=C3OC3C=CCCC43)cc(C3C=CC=C4C5C=CC=CC5OC43)c2)CC1. The second kappa shape index (κ2) is 9.74. The molecule has 1 fully saturated rings. The summed E-state index contributed by atoms with van der Waals surface area (Å²) in [6, 6.07) is 7.18. The molecule has 1 aromatic carbocycles. The fraction of sp³-hybridized carbons (Fsp3) is 0.324. The van der Waals surface area contributed by atoms with Crippen LogP contribution >= 0.6 is 0 Å². The van der Waals surface area contributed by atoms with Crippen molar-refractivity contribution in [2.45, 2.75) is 62.8 Å². The highest BCUT2D eigenvalue weighted by molar-refractivity contribution is 5.84. The van der Waals surface area contributed by atoms with Gasteiger partial charge in [0.05, 0.1) is 12.2 Å². The highest BCUT2D eigenvalue weighted by atomic mass is 16.5. The molecule has 0 saturated carbocycles. The first kappa shape index (κ1) is 24.1. The van der Waals surface area contributed by atoms with Crippen molar-refractivity contribution in [1.29, 1.82) is 5.41 Å². The van der Waals surface area contributed by atoms with Gasteiger partial charge >= 0.3 is 0 Å². The second-order valence-electron chi connectivity index (χ2n) is 12.0. The molecular weight excluding hydrogens is 490 g/mol. The molecule has 0 aromatic heterocycles. The van der Waals surface area contributed by atoms with Crippen molar-refractivity contribution in [3.8, 4) is 0 Å². The van der Waals surface area contributed by atoms with Gasteiger partial charge in [0.2, 0.25) is 0 Å². The molecule has 6 unspecified atom stereocenters. The topological polar surface area (TPSA) is 42.3 Å². The molecule has 1 N–H and O–H groups in total. The van der Waals surface area contributed by atoms with Crippen molar-refractivity contribution in [1.82, 2.24) is 0 Å². The van der Waals surface area contributed by atoms with E-state index in [9.17, 15) is 0 Å². The number of allylic oxidation sites excluding steroid dienone is 11. The molecule has 6 atom stereocenters. The highest BCUT2D eigenvalue weighted by Gasteiger charge is 2.43. The van der Waals surface area contributed by atoms with Crippen LogP contribution in [-0.2, 0) is 9.47 Å². The molecule has 2 aliphatic heterocycles. The lowest BCUT2D eigenvalue weighted by Gasteiger charge is -2.27. The normalized spacial score (nSPS) is 33.2. The number of nitrogens with one attached hydrogen (secondary N) is 1. The molecule has 1 aromatic rings. The van der Waals surface area contributed by atoms with Gasteiger partial charge < -0.3 is 14.9 Å². The van der Waals surface area contributed by atoms with Crippen molar-refractivity contribution in [2.24, 2.45) is 11.8 Å². The van der Waals surface area contributed by atoms with Crippen LogP contribution in [0.25, 0.3) is 11.1 Å². The molecule has 0 bridgehead atoms. The monoisotopic (exact) mass is 525 g/mol. The zero-order valence-electron chi connectivity index (χ0n) is 22.8. The van der Waals surface area contributed by atoms with E-state index in [0.29, 0.717) is 11.8 Å². The third-order valence-corrected chi connectivity index (χ3v) is 9.79. The predicted octanol–water partition coefficient (Wildman–Crippen LogP) is 8.33. The zero-order valence-corrected chi connectivity index (χ0v) is 22.8. The summed E-state index contributed by atoms with van der Waals surface area (Å²) in [5.41, 5.74) is 10.4. The summed E-state index contributed by atoms with van der Waals surface area (Å²) >= 11 is 0. The lowest BCUT2D eigenvalue weighted by atomic mass is 9.78. The van der Waals surface area contributed by atoms with Crippen molar-refractivity contribution < 1.29 is 9.47 Å². The lowest BCUT2D eigenvalue weighted by Crippen LogP contribution is -2.21. The lowest BCUT2D eigenvalue weighted by molar-refractivity contribution is 0.0642. The maximum atomic E-state index is 7.69. The Kier molecular flexibility index (Phi) is 5.88. The average Bonchev–Trinajstić information content (AvgIpc) is 3.59. The summed E-state index contributed by atoms with van der Waals surface area (Å²) < 4.78 is 13.4. The third-order valence-electron chi connectivity index (χ3n) is 9.79. The summed E-state index contributed by atoms with van der Waals surface area (Å²) in [5, 5.41) is 7.69. The number of ether oxygens (including phenoxy) is 2. The van der Waals surface area contributed by atoms with Crippen LogP contribution in [-0.4, -0.2) is 24.5 Å². The van der Waals surface area contributed by atoms with E-state index in [1.807, 2.05) is 0 Å². The van der Waals surface area contributed by atoms with Gasteiger partial charge in [-0.1, -0.05) is 79.0 Å². The Bertz CT molecular complexity index is 1550. The highest BCUT2D eigenvalue weighted by Crippen LogP contribution is 2.49. The van der Waals surface area contributed by atoms with Crippen LogP contribution < -0.4 is 0 Å². The number of benzene rings is 1. The van der Waals surface area contributed by atoms with Gasteiger partial charge in [0, 0.05) is 29.5 Å². The Morgan fingerprint density at radius 1 is 0.800 bits per heavy atom. The van der Waals surface area contributed by atoms with E-state index < -0.39 is 0 Å². The van der Waals surface area contributed by atoms with E-state index in [1.54, 1.807) is 0 Å². The van der Waals surface area contributed by atoms with E-state index in [-0.39, 0.29) is 24.2 Å². The first-order chi connectivity index (χ1) is 19.8. The van der Waals surface area contributed by atoms with Crippen molar-refractivity contribution in [3.63, 3.8) is 0 Å². The number of hydrogen-bond donors (Lipinski definition) is 1. The van der Waals surface area contributed by atoms with Crippen LogP contribution in [0.5, 0.6) is 0 Å². The molecule has 8 rings (SSSR count). The van der Waals surface area contributed by atoms with Gasteiger partial charge in [0.1, 0.15) is 11.9 Å². The maximum Gasteiger partial charge on any atom is 0.127 e. The first-order valence-corrected chi connectivity index (χ1v) is 15.0. The smallest absolute Gasteiger partial charge is 0.127 e. The molecule has 7 aliphatic rings. The van der Waals surface area contributed by atoms with Crippen LogP contribution in [0.2, 0.25) is 0 Å². The number of fused-ring (bicyclic) bond motifs is 5. The summed E-state index contributed by atoms with van der Waals surface area (Å²) in [5.74, 6) is 2.16. The Morgan fingerprint density at radius 3 is 2.60 bits per heavy atom. The summed E-state index contributed by atoms with van der Waals surface area (Å²) in [6.45, 7) is 0. The van der Waals surface area contributed by atoms with Gasteiger partial charge in [-0.15, -0.1) is 0 Å². The van der Waals surface area contributed by atoms with Gasteiger partial charge in [0.25, 0.3) is 0 Å². The van der Waals surface area contributed by atoms with Gasteiger partial charge in [-0.3, -0.25) is 0 Å². The minimum atomic E-state index is 0.0473. The van der Waals surface area contributed by atoms with Gasteiger partial charge in [-0.05, 0) is 89.7 Å².